The van der Waals surface area contributed by atoms with Gasteiger partial charge in [0.15, 0.2) is 0 Å². The summed E-state index contributed by atoms with van der Waals surface area (Å²) in [6, 6.07) is 0. The molecule has 0 aromatic carbocycles. The molecule has 0 radical (unpaired) electrons. The van der Waals surface area contributed by atoms with Crippen molar-refractivity contribution >= 4 is 18.3 Å². The summed E-state index contributed by atoms with van der Waals surface area (Å²) >= 11 is 0. The number of ether oxygens (including phenoxy) is 1. The summed E-state index contributed by atoms with van der Waals surface area (Å²) in [4.78, 5) is 14.6. The second-order valence-corrected chi connectivity index (χ2v) is 4.79. The number of carbonyl (C=O) groups is 1. The van der Waals surface area contributed by atoms with Gasteiger partial charge in [-0.15, -0.1) is 12.4 Å². The maximum atomic E-state index is 12.5. The first-order valence-corrected chi connectivity index (χ1v) is 6.36. The number of piperazine rings is 1. The minimum Gasteiger partial charge on any atom is -0.381 e. The molecule has 0 aliphatic carbocycles. The van der Waals surface area contributed by atoms with Crippen molar-refractivity contribution in [3.8, 4) is 0 Å². The van der Waals surface area contributed by atoms with Crippen LogP contribution < -0.4 is 5.32 Å². The Morgan fingerprint density at radius 3 is 2.41 bits per heavy atom. The van der Waals surface area contributed by atoms with Crippen LogP contribution >= 0.6 is 12.4 Å². The minimum absolute atomic E-state index is 0. The van der Waals surface area contributed by atoms with Crippen molar-refractivity contribution in [2.45, 2.75) is 26.2 Å². The fourth-order valence-electron chi connectivity index (χ4n) is 2.68. The first-order valence-electron chi connectivity index (χ1n) is 6.36. The largest absolute Gasteiger partial charge is 0.381 e. The highest BCUT2D eigenvalue weighted by Gasteiger charge is 2.40. The van der Waals surface area contributed by atoms with Gasteiger partial charge in [0.25, 0.3) is 0 Å². The van der Waals surface area contributed by atoms with E-state index in [1.165, 1.54) is 0 Å². The highest BCUT2D eigenvalue weighted by Crippen LogP contribution is 2.36. The molecule has 2 rings (SSSR count). The van der Waals surface area contributed by atoms with Gasteiger partial charge >= 0.3 is 0 Å². The quantitative estimate of drug-likeness (QED) is 0.809. The van der Waals surface area contributed by atoms with Crippen LogP contribution in [-0.4, -0.2) is 50.2 Å². The van der Waals surface area contributed by atoms with Crippen LogP contribution in [-0.2, 0) is 9.53 Å². The second kappa shape index (κ2) is 6.57. The van der Waals surface area contributed by atoms with Crippen LogP contribution in [0.1, 0.15) is 26.2 Å². The third-order valence-electron chi connectivity index (χ3n) is 3.98. The molecule has 5 heteroatoms. The summed E-state index contributed by atoms with van der Waals surface area (Å²) in [6.07, 6.45) is 2.73. The monoisotopic (exact) mass is 262 g/mol. The molecule has 2 fully saturated rings. The molecule has 0 bridgehead atoms. The summed E-state index contributed by atoms with van der Waals surface area (Å²) in [7, 11) is 0. The molecular formula is C12H23ClN2O2. The van der Waals surface area contributed by atoms with E-state index in [9.17, 15) is 4.79 Å². The number of carbonyl (C=O) groups excluding carboxylic acids is 1. The summed E-state index contributed by atoms with van der Waals surface area (Å²) in [6.45, 7) is 7.20. The molecule has 1 N–H and O–H groups in total. The van der Waals surface area contributed by atoms with E-state index in [0.29, 0.717) is 5.91 Å². The van der Waals surface area contributed by atoms with Crippen LogP contribution in [0.5, 0.6) is 0 Å². The molecule has 4 nitrogen and oxygen atoms in total. The minimum atomic E-state index is -0.129. The Labute approximate surface area is 109 Å². The van der Waals surface area contributed by atoms with E-state index in [1.54, 1.807) is 0 Å². The van der Waals surface area contributed by atoms with Gasteiger partial charge in [0, 0.05) is 39.4 Å². The average molecular weight is 263 g/mol. The highest BCUT2D eigenvalue weighted by atomic mass is 35.5. The van der Waals surface area contributed by atoms with Gasteiger partial charge in [0.2, 0.25) is 5.91 Å². The molecular weight excluding hydrogens is 240 g/mol. The third kappa shape index (κ3) is 3.12. The lowest BCUT2D eigenvalue weighted by atomic mass is 9.76. The first kappa shape index (κ1) is 14.7. The Morgan fingerprint density at radius 2 is 1.88 bits per heavy atom. The lowest BCUT2D eigenvalue weighted by molar-refractivity contribution is -0.148. The number of nitrogens with zero attached hydrogens (tertiary/aromatic N) is 1. The number of hydrogen-bond acceptors (Lipinski definition) is 3. The molecule has 0 spiro atoms. The Kier molecular flexibility index (Phi) is 5.70. The van der Waals surface area contributed by atoms with Crippen LogP contribution in [0, 0.1) is 5.41 Å². The summed E-state index contributed by atoms with van der Waals surface area (Å²) < 4.78 is 5.38. The van der Waals surface area contributed by atoms with Crippen LogP contribution in [0.2, 0.25) is 0 Å². The number of amides is 1. The molecule has 2 heterocycles. The zero-order valence-corrected chi connectivity index (χ0v) is 11.4. The van der Waals surface area contributed by atoms with Crippen molar-refractivity contribution in [3.05, 3.63) is 0 Å². The van der Waals surface area contributed by atoms with E-state index in [2.05, 4.69) is 12.2 Å². The molecule has 0 aromatic rings. The second-order valence-electron chi connectivity index (χ2n) is 4.79. The van der Waals surface area contributed by atoms with Crippen molar-refractivity contribution < 1.29 is 9.53 Å². The predicted molar refractivity (Wildman–Crippen MR) is 69.5 cm³/mol. The van der Waals surface area contributed by atoms with Gasteiger partial charge < -0.3 is 15.0 Å². The van der Waals surface area contributed by atoms with E-state index in [0.717, 1.165) is 58.7 Å². The van der Waals surface area contributed by atoms with Gasteiger partial charge in [-0.05, 0) is 19.3 Å². The summed E-state index contributed by atoms with van der Waals surface area (Å²) in [5.74, 6) is 0.361. The van der Waals surface area contributed by atoms with Gasteiger partial charge in [0.1, 0.15) is 0 Å². The van der Waals surface area contributed by atoms with E-state index in [1.807, 2.05) is 4.90 Å². The maximum Gasteiger partial charge on any atom is 0.229 e. The molecule has 17 heavy (non-hydrogen) atoms. The Hall–Kier alpha value is -0.320. The van der Waals surface area contributed by atoms with E-state index < -0.39 is 0 Å². The van der Waals surface area contributed by atoms with Crippen molar-refractivity contribution in [1.82, 2.24) is 10.2 Å². The third-order valence-corrected chi connectivity index (χ3v) is 3.98. The molecule has 2 aliphatic rings. The number of halogens is 1. The standard InChI is InChI=1S/C12H22N2O2.ClH/c1-2-12(3-9-16-10-4-12)11(15)14-7-5-13-6-8-14;/h13H,2-10H2,1H3;1H. The van der Waals surface area contributed by atoms with Crippen LogP contribution in [0.4, 0.5) is 0 Å². The van der Waals surface area contributed by atoms with Gasteiger partial charge in [-0.3, -0.25) is 4.79 Å². The molecule has 0 atom stereocenters. The predicted octanol–water partition coefficient (Wildman–Crippen LogP) is 1.05. The Morgan fingerprint density at radius 1 is 1.29 bits per heavy atom. The maximum absolute atomic E-state index is 12.5. The van der Waals surface area contributed by atoms with Gasteiger partial charge in [-0.25, -0.2) is 0 Å². The smallest absolute Gasteiger partial charge is 0.229 e. The zero-order valence-electron chi connectivity index (χ0n) is 10.5. The van der Waals surface area contributed by atoms with Crippen LogP contribution in [0.15, 0.2) is 0 Å². The molecule has 1 amide bonds. The van der Waals surface area contributed by atoms with Crippen LogP contribution in [0.25, 0.3) is 0 Å². The fourth-order valence-corrected chi connectivity index (χ4v) is 2.68. The lowest BCUT2D eigenvalue weighted by Gasteiger charge is -2.40. The van der Waals surface area contributed by atoms with E-state index in [-0.39, 0.29) is 17.8 Å². The van der Waals surface area contributed by atoms with Crippen molar-refractivity contribution in [2.75, 3.05) is 39.4 Å². The van der Waals surface area contributed by atoms with Crippen molar-refractivity contribution in [3.63, 3.8) is 0 Å². The number of nitrogens with one attached hydrogen (secondary N) is 1. The zero-order chi connectivity index (χ0) is 11.4. The van der Waals surface area contributed by atoms with Crippen LogP contribution in [0.3, 0.4) is 0 Å². The molecule has 0 unspecified atom stereocenters. The molecule has 100 valence electrons. The molecule has 2 saturated heterocycles. The topological polar surface area (TPSA) is 41.6 Å². The summed E-state index contributed by atoms with van der Waals surface area (Å²) in [5.41, 5.74) is -0.129. The Balaban J connectivity index is 0.00000144. The average Bonchev–Trinajstić information content (AvgIpc) is 2.39. The SMILES string of the molecule is CCC1(C(=O)N2CCNCC2)CCOCC1.Cl. The molecule has 0 saturated carbocycles. The van der Waals surface area contributed by atoms with Gasteiger partial charge in [0.05, 0.1) is 5.41 Å². The normalized spacial score (nSPS) is 23.9. The number of hydrogen-bond donors (Lipinski definition) is 1. The van der Waals surface area contributed by atoms with E-state index in [4.69, 9.17) is 4.74 Å². The van der Waals surface area contributed by atoms with E-state index >= 15 is 0 Å². The first-order chi connectivity index (χ1) is 7.78. The number of rotatable bonds is 2. The van der Waals surface area contributed by atoms with Gasteiger partial charge in [-0.1, -0.05) is 6.92 Å². The fraction of sp³-hybridized carbons (Fsp3) is 0.917. The molecule has 0 aromatic heterocycles. The van der Waals surface area contributed by atoms with Crippen molar-refractivity contribution in [2.24, 2.45) is 5.41 Å². The lowest BCUT2D eigenvalue weighted by Crippen LogP contribution is -2.53. The molecule has 2 aliphatic heterocycles. The Bertz CT molecular complexity index is 249. The van der Waals surface area contributed by atoms with Gasteiger partial charge in [-0.2, -0.15) is 0 Å². The summed E-state index contributed by atoms with van der Waals surface area (Å²) in [5, 5.41) is 3.28. The van der Waals surface area contributed by atoms with Crippen molar-refractivity contribution in [1.29, 1.82) is 0 Å². The highest BCUT2D eigenvalue weighted by molar-refractivity contribution is 5.85.